The summed E-state index contributed by atoms with van der Waals surface area (Å²) in [6.45, 7) is 4.94. The molecule has 224 valence electrons. The van der Waals surface area contributed by atoms with Gasteiger partial charge in [0.05, 0.1) is 41.7 Å². The molecule has 0 saturated carbocycles. The van der Waals surface area contributed by atoms with Crippen molar-refractivity contribution < 1.29 is 42.9 Å². The molecule has 0 fully saturated rings. The Morgan fingerprint density at radius 1 is 1.00 bits per heavy atom. The van der Waals surface area contributed by atoms with Crippen LogP contribution < -0.4 is 30.3 Å². The Bertz CT molecular complexity index is 1390. The molecule has 14 heteroatoms. The monoisotopic (exact) mass is 694 g/mol. The third-order valence-electron chi connectivity index (χ3n) is 5.65. The number of nitrogens with one attached hydrogen (secondary N) is 3. The third kappa shape index (κ3) is 8.83. The topological polar surface area (TPSA) is 163 Å². The molecule has 0 spiro atoms. The number of carbonyl (C=O) groups is 4. The smallest absolute Gasteiger partial charge is 0.344 e. The Labute approximate surface area is 256 Å². The number of ether oxygens (including phenoxy) is 5. The Morgan fingerprint density at radius 3 is 2.40 bits per heavy atom. The van der Waals surface area contributed by atoms with E-state index in [9.17, 15) is 19.2 Å². The van der Waals surface area contributed by atoms with E-state index in [0.717, 1.165) is 3.57 Å². The first kappa shape index (κ1) is 32.2. The molecule has 0 bridgehead atoms. The van der Waals surface area contributed by atoms with E-state index in [1.54, 1.807) is 57.2 Å². The number of esters is 2. The summed E-state index contributed by atoms with van der Waals surface area (Å²) in [4.78, 5) is 48.5. The predicted octanol–water partition coefficient (Wildman–Crippen LogP) is 2.96. The lowest BCUT2D eigenvalue weighted by atomic mass is 9.95. The van der Waals surface area contributed by atoms with Crippen LogP contribution in [0.2, 0.25) is 0 Å². The van der Waals surface area contributed by atoms with Gasteiger partial charge in [0.25, 0.3) is 5.91 Å². The minimum Gasteiger partial charge on any atom is -0.493 e. The number of allylic oxidation sites excluding steroid dienone is 1. The van der Waals surface area contributed by atoms with Crippen molar-refractivity contribution in [3.8, 4) is 17.2 Å². The highest BCUT2D eigenvalue weighted by molar-refractivity contribution is 14.1. The summed E-state index contributed by atoms with van der Waals surface area (Å²) in [5.74, 6) is -0.455. The molecule has 3 amide bonds. The lowest BCUT2D eigenvalue weighted by Gasteiger charge is -2.28. The van der Waals surface area contributed by atoms with Crippen molar-refractivity contribution in [1.82, 2.24) is 16.1 Å². The average molecular weight is 694 g/mol. The molecule has 1 heterocycles. The van der Waals surface area contributed by atoms with Crippen LogP contribution >= 0.6 is 22.6 Å². The first-order valence-electron chi connectivity index (χ1n) is 12.8. The number of urea groups is 1. The van der Waals surface area contributed by atoms with Gasteiger partial charge in [-0.3, -0.25) is 4.79 Å². The molecule has 0 aromatic heterocycles. The molecule has 13 nitrogen and oxygen atoms in total. The number of benzene rings is 2. The Kier molecular flexibility index (Phi) is 12.0. The highest BCUT2D eigenvalue weighted by Gasteiger charge is 2.32. The van der Waals surface area contributed by atoms with E-state index in [-0.39, 0.29) is 43.5 Å². The van der Waals surface area contributed by atoms with Crippen molar-refractivity contribution in [1.29, 1.82) is 0 Å². The number of hydrazone groups is 1. The molecule has 0 radical (unpaired) electrons. The molecule has 0 unspecified atom stereocenters. The number of halogens is 1. The fourth-order valence-electron chi connectivity index (χ4n) is 3.81. The summed E-state index contributed by atoms with van der Waals surface area (Å²) in [7, 11) is 1.43. The molecule has 3 rings (SSSR count). The van der Waals surface area contributed by atoms with Crippen LogP contribution in [-0.2, 0) is 23.9 Å². The zero-order chi connectivity index (χ0) is 30.6. The van der Waals surface area contributed by atoms with Gasteiger partial charge in [-0.1, -0.05) is 6.07 Å². The van der Waals surface area contributed by atoms with Gasteiger partial charge in [-0.15, -0.1) is 0 Å². The van der Waals surface area contributed by atoms with E-state index in [0.29, 0.717) is 22.6 Å². The summed E-state index contributed by atoms with van der Waals surface area (Å²) in [5, 5.41) is 9.25. The molecule has 1 aliphatic heterocycles. The molecular weight excluding hydrogens is 663 g/mol. The van der Waals surface area contributed by atoms with Crippen LogP contribution in [0.15, 0.2) is 52.8 Å². The standard InChI is InChI=1S/C28H31IN4O9/c1-5-39-24(35)15-42-20-9-7-17(11-19(20)29)13-30-33-23(34)14-41-21-10-8-18(12-22(21)38-4)26-25(27(36)40-6-2)16(3)31-28(37)32-26/h7-13,26H,5-6,14-15H2,1-4H3,(H,33,34)(H2,31,32,37)/b30-13-/t26-/m1/s1. The second-order valence-electron chi connectivity index (χ2n) is 8.57. The molecule has 0 aliphatic carbocycles. The van der Waals surface area contributed by atoms with Crippen LogP contribution in [0.25, 0.3) is 0 Å². The highest BCUT2D eigenvalue weighted by atomic mass is 127. The first-order chi connectivity index (χ1) is 20.2. The summed E-state index contributed by atoms with van der Waals surface area (Å²) in [6.07, 6.45) is 1.45. The van der Waals surface area contributed by atoms with Crippen molar-refractivity contribution >= 4 is 52.7 Å². The van der Waals surface area contributed by atoms with E-state index in [1.807, 2.05) is 0 Å². The Morgan fingerprint density at radius 2 is 1.71 bits per heavy atom. The fourth-order valence-corrected chi connectivity index (χ4v) is 4.51. The van der Waals surface area contributed by atoms with E-state index in [4.69, 9.17) is 23.7 Å². The van der Waals surface area contributed by atoms with E-state index in [1.165, 1.54) is 13.3 Å². The molecule has 1 aliphatic rings. The van der Waals surface area contributed by atoms with Gasteiger partial charge in [0.1, 0.15) is 5.75 Å². The SMILES string of the molecule is CCOC(=O)COc1ccc(/C=N\NC(=O)COc2ccc([C@H]3NC(=O)NC(C)=C3C(=O)OCC)cc2OC)cc1I. The van der Waals surface area contributed by atoms with Crippen molar-refractivity contribution in [3.05, 3.63) is 62.4 Å². The third-order valence-corrected chi connectivity index (χ3v) is 6.50. The number of nitrogens with zero attached hydrogens (tertiary/aromatic N) is 1. The highest BCUT2D eigenvalue weighted by Crippen LogP contribution is 2.34. The van der Waals surface area contributed by atoms with Crippen LogP contribution in [0.3, 0.4) is 0 Å². The van der Waals surface area contributed by atoms with Crippen LogP contribution in [0, 0.1) is 3.57 Å². The Balaban J connectivity index is 1.60. The van der Waals surface area contributed by atoms with Gasteiger partial charge in [-0.05, 0) is 84.8 Å². The fraction of sp³-hybridized carbons (Fsp3) is 0.321. The van der Waals surface area contributed by atoms with Gasteiger partial charge < -0.3 is 34.3 Å². The second kappa shape index (κ2) is 15.6. The Hall–Kier alpha value is -4.34. The number of hydrogen-bond acceptors (Lipinski definition) is 10. The van der Waals surface area contributed by atoms with E-state index < -0.39 is 29.9 Å². The van der Waals surface area contributed by atoms with Crippen molar-refractivity contribution in [2.45, 2.75) is 26.8 Å². The van der Waals surface area contributed by atoms with Gasteiger partial charge in [0, 0.05) is 5.70 Å². The number of carbonyl (C=O) groups excluding carboxylic acids is 4. The van der Waals surface area contributed by atoms with Crippen molar-refractivity contribution in [3.63, 3.8) is 0 Å². The molecule has 2 aromatic rings. The van der Waals surface area contributed by atoms with E-state index >= 15 is 0 Å². The average Bonchev–Trinajstić information content (AvgIpc) is 2.95. The number of hydrogen-bond donors (Lipinski definition) is 3. The quantitative estimate of drug-likeness (QED) is 0.124. The maximum absolute atomic E-state index is 12.6. The summed E-state index contributed by atoms with van der Waals surface area (Å²) >= 11 is 2.06. The number of methoxy groups -OCH3 is 1. The largest absolute Gasteiger partial charge is 0.493 e. The second-order valence-corrected chi connectivity index (χ2v) is 9.73. The van der Waals surface area contributed by atoms with Gasteiger partial charge in [-0.25, -0.2) is 19.8 Å². The molecule has 3 N–H and O–H groups in total. The van der Waals surface area contributed by atoms with Crippen LogP contribution in [-0.4, -0.2) is 63.6 Å². The molecule has 1 atom stereocenters. The molecular formula is C28H31IN4O9. The first-order valence-corrected chi connectivity index (χ1v) is 13.9. The van der Waals surface area contributed by atoms with Crippen molar-refractivity contribution in [2.75, 3.05) is 33.5 Å². The van der Waals surface area contributed by atoms with E-state index in [2.05, 4.69) is 43.8 Å². The minimum atomic E-state index is -0.778. The maximum Gasteiger partial charge on any atom is 0.344 e. The maximum atomic E-state index is 12.6. The zero-order valence-electron chi connectivity index (χ0n) is 23.4. The summed E-state index contributed by atoms with van der Waals surface area (Å²) < 4.78 is 27.2. The summed E-state index contributed by atoms with van der Waals surface area (Å²) in [6, 6.07) is 8.77. The summed E-state index contributed by atoms with van der Waals surface area (Å²) in [5.41, 5.74) is 4.28. The lowest BCUT2D eigenvalue weighted by Crippen LogP contribution is -2.45. The zero-order valence-corrected chi connectivity index (χ0v) is 25.6. The molecule has 0 saturated heterocycles. The normalized spacial score (nSPS) is 14.5. The van der Waals surface area contributed by atoms with Crippen LogP contribution in [0.4, 0.5) is 4.79 Å². The van der Waals surface area contributed by atoms with Gasteiger partial charge in [-0.2, -0.15) is 5.10 Å². The van der Waals surface area contributed by atoms with Crippen molar-refractivity contribution in [2.24, 2.45) is 5.10 Å². The minimum absolute atomic E-state index is 0.178. The predicted molar refractivity (Wildman–Crippen MR) is 159 cm³/mol. The number of rotatable bonds is 13. The van der Waals surface area contributed by atoms with Gasteiger partial charge >= 0.3 is 18.0 Å². The van der Waals surface area contributed by atoms with Gasteiger partial charge in [0.2, 0.25) is 0 Å². The van der Waals surface area contributed by atoms with Crippen LogP contribution in [0.1, 0.15) is 37.9 Å². The van der Waals surface area contributed by atoms with Gasteiger partial charge in [0.15, 0.2) is 24.7 Å². The van der Waals surface area contributed by atoms with Crippen LogP contribution in [0.5, 0.6) is 17.2 Å². The molecule has 42 heavy (non-hydrogen) atoms. The lowest BCUT2D eigenvalue weighted by molar-refractivity contribution is -0.145. The molecule has 2 aromatic carbocycles. The number of amides is 3.